The first kappa shape index (κ1) is 28.6. The Bertz CT molecular complexity index is 1630. The number of rotatable bonds is 6. The molecule has 3 aromatic rings. The van der Waals surface area contributed by atoms with Crippen LogP contribution in [0, 0.1) is 0 Å². The maximum Gasteiger partial charge on any atom is 0.169 e. The van der Waals surface area contributed by atoms with Crippen LogP contribution < -0.4 is 9.80 Å². The van der Waals surface area contributed by atoms with Gasteiger partial charge in [-0.05, 0) is 71.5 Å². The lowest BCUT2D eigenvalue weighted by Gasteiger charge is -2.43. The molecule has 1 aliphatic carbocycles. The number of methoxy groups -OCH3 is 1. The van der Waals surface area contributed by atoms with Crippen molar-refractivity contribution < 1.29 is 4.74 Å². The fourth-order valence-electron chi connectivity index (χ4n) is 7.32. The minimum atomic E-state index is -0.580. The van der Waals surface area contributed by atoms with E-state index in [1.807, 2.05) is 18.9 Å². The van der Waals surface area contributed by atoms with Crippen LogP contribution in [0.4, 0.5) is 11.4 Å². The van der Waals surface area contributed by atoms with Crippen LogP contribution in [0.3, 0.4) is 0 Å². The molecule has 0 amide bonds. The summed E-state index contributed by atoms with van der Waals surface area (Å²) in [6, 6.07) is 28.2. The molecule has 0 aromatic heterocycles. The van der Waals surface area contributed by atoms with Crippen molar-refractivity contribution in [2.45, 2.75) is 62.0 Å². The third kappa shape index (κ3) is 4.39. The quantitative estimate of drug-likeness (QED) is 0.291. The molecule has 3 aromatic carbocycles. The zero-order valence-corrected chi connectivity index (χ0v) is 26.8. The Morgan fingerprint density at radius 3 is 2.07 bits per heavy atom. The number of para-hydroxylation sites is 2. The highest BCUT2D eigenvalue weighted by atomic mass is 32.2. The summed E-state index contributed by atoms with van der Waals surface area (Å²) in [5, 5.41) is 0. The van der Waals surface area contributed by atoms with Crippen molar-refractivity contribution in [2.24, 2.45) is 0 Å². The predicted octanol–water partition coefficient (Wildman–Crippen LogP) is 9.39. The molecule has 3 aliphatic rings. The summed E-state index contributed by atoms with van der Waals surface area (Å²) >= 11 is 1.88. The van der Waals surface area contributed by atoms with Crippen molar-refractivity contribution >= 4 is 23.1 Å². The summed E-state index contributed by atoms with van der Waals surface area (Å²) in [5.41, 5.74) is 8.47. The molecule has 0 radical (unpaired) electrons. The fraction of sp³-hybridized carbons (Fsp3) is 0.316. The highest BCUT2D eigenvalue weighted by molar-refractivity contribution is 8.03. The first-order valence-corrected chi connectivity index (χ1v) is 15.7. The topological polar surface area (TPSA) is 15.7 Å². The monoisotopic (exact) mass is 574 g/mol. The van der Waals surface area contributed by atoms with Crippen LogP contribution in [0.15, 0.2) is 130 Å². The lowest BCUT2D eigenvalue weighted by Crippen LogP contribution is -2.54. The normalized spacial score (nSPS) is 24.4. The minimum absolute atomic E-state index is 0.0430. The predicted molar refractivity (Wildman–Crippen MR) is 179 cm³/mol. The number of fused-ring (bicyclic) bond motifs is 2. The molecule has 1 atom stereocenters. The second-order valence-electron chi connectivity index (χ2n) is 12.6. The maximum absolute atomic E-state index is 6.41. The summed E-state index contributed by atoms with van der Waals surface area (Å²) < 4.78 is 6.41. The van der Waals surface area contributed by atoms with E-state index in [-0.39, 0.29) is 10.8 Å². The largest absolute Gasteiger partial charge is 0.354 e. The number of hydrogen-bond acceptors (Lipinski definition) is 4. The lowest BCUT2D eigenvalue weighted by molar-refractivity contribution is -0.0128. The number of nitrogens with zero attached hydrogens (tertiary/aromatic N) is 2. The van der Waals surface area contributed by atoms with E-state index in [1.165, 1.54) is 49.1 Å². The Labute approximate surface area is 256 Å². The van der Waals surface area contributed by atoms with Gasteiger partial charge in [-0.2, -0.15) is 0 Å². The third-order valence-corrected chi connectivity index (χ3v) is 11.0. The van der Waals surface area contributed by atoms with Gasteiger partial charge in [-0.1, -0.05) is 106 Å². The molecule has 2 heterocycles. The van der Waals surface area contributed by atoms with Crippen molar-refractivity contribution in [3.63, 3.8) is 0 Å². The van der Waals surface area contributed by atoms with E-state index in [0.29, 0.717) is 0 Å². The molecule has 42 heavy (non-hydrogen) atoms. The average molecular weight is 575 g/mol. The van der Waals surface area contributed by atoms with Crippen molar-refractivity contribution in [1.82, 2.24) is 0 Å². The number of benzene rings is 3. The molecule has 0 fully saturated rings. The highest BCUT2D eigenvalue weighted by Gasteiger charge is 2.54. The lowest BCUT2D eigenvalue weighted by atomic mass is 9.77. The van der Waals surface area contributed by atoms with Crippen LogP contribution in [0.25, 0.3) is 0 Å². The molecule has 216 valence electrons. The van der Waals surface area contributed by atoms with Crippen molar-refractivity contribution in [3.05, 3.63) is 136 Å². The zero-order valence-electron chi connectivity index (χ0n) is 25.9. The Kier molecular flexibility index (Phi) is 7.27. The first-order chi connectivity index (χ1) is 20.1. The smallest absolute Gasteiger partial charge is 0.169 e. The van der Waals surface area contributed by atoms with Crippen molar-refractivity contribution in [2.75, 3.05) is 31.0 Å². The molecule has 0 saturated carbocycles. The molecule has 6 rings (SSSR count). The van der Waals surface area contributed by atoms with Gasteiger partial charge in [0.2, 0.25) is 0 Å². The number of thioether (sulfide) groups is 1. The van der Waals surface area contributed by atoms with Gasteiger partial charge in [0.15, 0.2) is 5.72 Å². The van der Waals surface area contributed by atoms with E-state index in [4.69, 9.17) is 4.74 Å². The Hall–Kier alpha value is -3.47. The highest BCUT2D eigenvalue weighted by Crippen LogP contribution is 2.53. The molecule has 0 saturated heterocycles. The molecule has 1 unspecified atom stereocenters. The maximum atomic E-state index is 6.41. The summed E-state index contributed by atoms with van der Waals surface area (Å²) in [5.74, 6) is 0. The average Bonchev–Trinajstić information content (AvgIpc) is 3.52. The Morgan fingerprint density at radius 2 is 1.40 bits per heavy atom. The molecule has 0 bridgehead atoms. The van der Waals surface area contributed by atoms with Crippen LogP contribution in [-0.2, 0) is 15.6 Å². The molecular formula is C38H42N2OS. The van der Waals surface area contributed by atoms with E-state index in [0.717, 1.165) is 12.8 Å². The Balaban J connectivity index is 1.40. The number of hydrogen-bond donors (Lipinski definition) is 0. The van der Waals surface area contributed by atoms with Gasteiger partial charge in [-0.25, -0.2) is 0 Å². The van der Waals surface area contributed by atoms with Gasteiger partial charge in [0.05, 0.1) is 0 Å². The third-order valence-electron chi connectivity index (χ3n) is 9.75. The van der Waals surface area contributed by atoms with Crippen LogP contribution in [-0.4, -0.2) is 26.9 Å². The van der Waals surface area contributed by atoms with E-state index in [1.54, 1.807) is 0 Å². The summed E-state index contributed by atoms with van der Waals surface area (Å²) in [7, 11) is 6.18. The van der Waals surface area contributed by atoms with Gasteiger partial charge < -0.3 is 14.5 Å². The van der Waals surface area contributed by atoms with Crippen LogP contribution in [0.1, 0.15) is 51.7 Å². The minimum Gasteiger partial charge on any atom is -0.354 e. The van der Waals surface area contributed by atoms with Crippen LogP contribution in [0.2, 0.25) is 0 Å². The zero-order chi connectivity index (χ0) is 29.7. The van der Waals surface area contributed by atoms with Crippen LogP contribution >= 0.6 is 11.8 Å². The molecule has 2 aliphatic heterocycles. The number of anilines is 2. The van der Waals surface area contributed by atoms with Gasteiger partial charge in [0.1, 0.15) is 0 Å². The number of allylic oxidation sites excluding steroid dienone is 6. The number of ether oxygens (including phenoxy) is 1. The van der Waals surface area contributed by atoms with Gasteiger partial charge in [-0.3, -0.25) is 0 Å². The SMILES string of the molecule is COC1(/C=C/C2=C(Sc3ccccc3)C(=C/C=C3\N(C)c4ccccc4C3(C)C)/CC2)N(C)c2ccccc2C1(C)C. The molecule has 0 spiro atoms. The Morgan fingerprint density at radius 1 is 0.762 bits per heavy atom. The second-order valence-corrected chi connectivity index (χ2v) is 13.7. The molecule has 3 nitrogen and oxygen atoms in total. The summed E-state index contributed by atoms with van der Waals surface area (Å²) in [6.45, 7) is 9.25. The molecule has 4 heteroatoms. The van der Waals surface area contributed by atoms with E-state index in [2.05, 4.69) is 155 Å². The van der Waals surface area contributed by atoms with E-state index >= 15 is 0 Å². The summed E-state index contributed by atoms with van der Waals surface area (Å²) in [6.07, 6.45) is 11.4. The van der Waals surface area contributed by atoms with E-state index in [9.17, 15) is 0 Å². The second kappa shape index (κ2) is 10.7. The first-order valence-electron chi connectivity index (χ1n) is 14.9. The van der Waals surface area contributed by atoms with Crippen molar-refractivity contribution in [3.8, 4) is 0 Å². The standard InChI is InChI=1S/C38H42N2OS/c1-36(2)30-17-11-13-19-32(30)39(5)34(36)24-23-27-21-22-28(35(27)42-29-15-9-8-10-16-29)25-26-38(41-7)37(3,4)31-18-12-14-20-33(31)40(38)6/h8-20,23-26H,21-22H2,1-7H3/b26-25+,27-23+,34-24-. The van der Waals surface area contributed by atoms with Gasteiger partial charge in [0, 0.05) is 58.9 Å². The van der Waals surface area contributed by atoms with E-state index < -0.39 is 5.72 Å². The van der Waals surface area contributed by atoms with Gasteiger partial charge >= 0.3 is 0 Å². The van der Waals surface area contributed by atoms with Crippen LogP contribution in [0.5, 0.6) is 0 Å². The summed E-state index contributed by atoms with van der Waals surface area (Å²) in [4.78, 5) is 7.27. The van der Waals surface area contributed by atoms with Gasteiger partial charge in [0.25, 0.3) is 0 Å². The van der Waals surface area contributed by atoms with Gasteiger partial charge in [-0.15, -0.1) is 0 Å². The van der Waals surface area contributed by atoms with Crippen molar-refractivity contribution in [1.29, 1.82) is 0 Å². The molecule has 0 N–H and O–H groups in total. The fourth-order valence-corrected chi connectivity index (χ4v) is 8.45. The molecular weight excluding hydrogens is 532 g/mol. The number of likely N-dealkylation sites (N-methyl/N-ethyl adjacent to an activating group) is 2.